The molecule has 0 aliphatic heterocycles. The van der Waals surface area contributed by atoms with E-state index in [1.54, 1.807) is 12.1 Å². The molecule has 0 aliphatic carbocycles. The van der Waals surface area contributed by atoms with Crippen LogP contribution >= 0.6 is 11.6 Å². The maximum atomic E-state index is 14.4. The van der Waals surface area contributed by atoms with E-state index in [-0.39, 0.29) is 22.2 Å². The zero-order valence-corrected chi connectivity index (χ0v) is 14.7. The summed E-state index contributed by atoms with van der Waals surface area (Å²) in [6, 6.07) is 16.8. The molecular formula is C20H14ClFN4O. The molecule has 5 nitrogen and oxygen atoms in total. The van der Waals surface area contributed by atoms with Gasteiger partial charge in [0.15, 0.2) is 11.6 Å². The van der Waals surface area contributed by atoms with Crippen molar-refractivity contribution in [3.05, 3.63) is 71.5 Å². The maximum Gasteiger partial charge on any atom is 0.161 e. The Morgan fingerprint density at radius 2 is 1.74 bits per heavy atom. The summed E-state index contributed by atoms with van der Waals surface area (Å²) in [4.78, 5) is 0. The highest BCUT2D eigenvalue weighted by molar-refractivity contribution is 6.34. The van der Waals surface area contributed by atoms with Gasteiger partial charge in [-0.15, -0.1) is 10.2 Å². The number of rotatable bonds is 3. The molecule has 27 heavy (non-hydrogen) atoms. The molecule has 4 rings (SSSR count). The van der Waals surface area contributed by atoms with E-state index >= 15 is 0 Å². The van der Waals surface area contributed by atoms with Gasteiger partial charge in [0.1, 0.15) is 11.6 Å². The molecule has 134 valence electrons. The molecule has 0 saturated heterocycles. The number of phenolic OH excluding ortho intramolecular Hbond substituents is 1. The van der Waals surface area contributed by atoms with Crippen LogP contribution in [0.5, 0.6) is 5.75 Å². The normalized spacial score (nSPS) is 10.9. The second-order valence-electron chi connectivity index (χ2n) is 5.94. The Kier molecular flexibility index (Phi) is 4.25. The smallest absolute Gasteiger partial charge is 0.161 e. The first kappa shape index (κ1) is 17.1. The molecule has 0 bridgehead atoms. The van der Waals surface area contributed by atoms with Crippen LogP contribution in [0, 0.1) is 5.82 Å². The number of halogens is 2. The summed E-state index contributed by atoms with van der Waals surface area (Å²) in [6.07, 6.45) is 0. The summed E-state index contributed by atoms with van der Waals surface area (Å²) in [6.45, 7) is 0. The second-order valence-corrected chi connectivity index (χ2v) is 6.34. The van der Waals surface area contributed by atoms with Gasteiger partial charge in [-0.05, 0) is 36.4 Å². The Balaban J connectivity index is 1.95. The van der Waals surface area contributed by atoms with E-state index in [9.17, 15) is 9.50 Å². The van der Waals surface area contributed by atoms with Gasteiger partial charge < -0.3 is 16.2 Å². The number of anilines is 3. The average Bonchev–Trinajstić information content (AvgIpc) is 2.66. The molecule has 0 unspecified atom stereocenters. The van der Waals surface area contributed by atoms with Gasteiger partial charge in [0, 0.05) is 27.0 Å². The molecule has 0 amide bonds. The van der Waals surface area contributed by atoms with Crippen LogP contribution in [0.3, 0.4) is 0 Å². The standard InChI is InChI=1S/C20H14ClFN4O/c21-15-10-12-13(9-14(15)18-16(22)7-4-8-17(18)27)20(26-25-19(12)23)24-11-5-2-1-3-6-11/h1-10,27H,(H2,23,25)(H,24,26). The highest BCUT2D eigenvalue weighted by Gasteiger charge is 2.17. The fourth-order valence-corrected chi connectivity index (χ4v) is 3.17. The van der Waals surface area contributed by atoms with E-state index < -0.39 is 5.82 Å². The molecule has 4 aromatic rings. The summed E-state index contributed by atoms with van der Waals surface area (Å²) >= 11 is 6.36. The number of para-hydroxylation sites is 1. The molecule has 0 atom stereocenters. The molecule has 4 N–H and O–H groups in total. The van der Waals surface area contributed by atoms with Crippen molar-refractivity contribution >= 4 is 39.7 Å². The van der Waals surface area contributed by atoms with Crippen LogP contribution in [0.1, 0.15) is 0 Å². The third-order valence-corrected chi connectivity index (χ3v) is 4.51. The molecule has 1 heterocycles. The number of nitrogens with zero attached hydrogens (tertiary/aromatic N) is 2. The fraction of sp³-hybridized carbons (Fsp3) is 0. The number of aromatic nitrogens is 2. The Labute approximate surface area is 159 Å². The number of phenols is 1. The fourth-order valence-electron chi connectivity index (χ4n) is 2.91. The quantitative estimate of drug-likeness (QED) is 0.459. The van der Waals surface area contributed by atoms with E-state index in [0.29, 0.717) is 22.2 Å². The molecule has 0 fully saturated rings. The first-order chi connectivity index (χ1) is 13.0. The van der Waals surface area contributed by atoms with Crippen molar-refractivity contribution in [1.82, 2.24) is 10.2 Å². The zero-order valence-electron chi connectivity index (χ0n) is 13.9. The summed E-state index contributed by atoms with van der Waals surface area (Å²) in [5, 5.41) is 22.8. The number of fused-ring (bicyclic) bond motifs is 1. The summed E-state index contributed by atoms with van der Waals surface area (Å²) in [5.74, 6) is -0.137. The summed E-state index contributed by atoms with van der Waals surface area (Å²) in [5.41, 5.74) is 7.12. The average molecular weight is 381 g/mol. The highest BCUT2D eigenvalue weighted by atomic mass is 35.5. The molecule has 0 radical (unpaired) electrons. The van der Waals surface area contributed by atoms with Crippen molar-refractivity contribution in [2.24, 2.45) is 0 Å². The van der Waals surface area contributed by atoms with Crippen LogP contribution in [-0.4, -0.2) is 15.3 Å². The first-order valence-corrected chi connectivity index (χ1v) is 8.47. The number of nitrogen functional groups attached to an aromatic ring is 1. The Morgan fingerprint density at radius 3 is 2.48 bits per heavy atom. The lowest BCUT2D eigenvalue weighted by Gasteiger charge is -2.13. The van der Waals surface area contributed by atoms with Crippen molar-refractivity contribution in [2.75, 3.05) is 11.1 Å². The van der Waals surface area contributed by atoms with E-state index in [1.807, 2.05) is 30.3 Å². The van der Waals surface area contributed by atoms with E-state index in [1.165, 1.54) is 18.2 Å². The third kappa shape index (κ3) is 3.11. The second kappa shape index (κ2) is 6.74. The van der Waals surface area contributed by atoms with Gasteiger partial charge >= 0.3 is 0 Å². The minimum absolute atomic E-state index is 0.0189. The lowest BCUT2D eigenvalue weighted by atomic mass is 10.0. The van der Waals surface area contributed by atoms with E-state index in [4.69, 9.17) is 17.3 Å². The number of nitrogens with one attached hydrogen (secondary N) is 1. The largest absolute Gasteiger partial charge is 0.507 e. The maximum absolute atomic E-state index is 14.4. The molecule has 3 aromatic carbocycles. The highest BCUT2D eigenvalue weighted by Crippen LogP contribution is 2.40. The first-order valence-electron chi connectivity index (χ1n) is 8.10. The summed E-state index contributed by atoms with van der Waals surface area (Å²) < 4.78 is 14.4. The summed E-state index contributed by atoms with van der Waals surface area (Å²) in [7, 11) is 0. The van der Waals surface area contributed by atoms with Gasteiger partial charge in [-0.25, -0.2) is 4.39 Å². The predicted octanol–water partition coefficient (Wildman–Crippen LogP) is 5.12. The van der Waals surface area contributed by atoms with Crippen molar-refractivity contribution in [3.8, 4) is 16.9 Å². The number of hydrogen-bond donors (Lipinski definition) is 3. The lowest BCUT2D eigenvalue weighted by Crippen LogP contribution is -2.01. The zero-order chi connectivity index (χ0) is 19.0. The van der Waals surface area contributed by atoms with E-state index in [2.05, 4.69) is 15.5 Å². The van der Waals surface area contributed by atoms with Crippen LogP contribution in [0.2, 0.25) is 5.02 Å². The number of aromatic hydroxyl groups is 1. The molecule has 1 aromatic heterocycles. The van der Waals surface area contributed by atoms with E-state index in [0.717, 1.165) is 5.69 Å². The van der Waals surface area contributed by atoms with Gasteiger partial charge in [0.05, 0.1) is 5.56 Å². The SMILES string of the molecule is Nc1nnc(Nc2ccccc2)c2cc(-c3c(O)cccc3F)c(Cl)cc12. The van der Waals surface area contributed by atoms with Gasteiger partial charge in [0.2, 0.25) is 0 Å². The minimum Gasteiger partial charge on any atom is -0.507 e. The van der Waals surface area contributed by atoms with Crippen LogP contribution in [0.15, 0.2) is 60.7 Å². The Morgan fingerprint density at radius 1 is 0.963 bits per heavy atom. The molecule has 0 saturated carbocycles. The van der Waals surface area contributed by atoms with Crippen LogP contribution in [-0.2, 0) is 0 Å². The monoisotopic (exact) mass is 380 g/mol. The van der Waals surface area contributed by atoms with Crippen molar-refractivity contribution < 1.29 is 9.50 Å². The van der Waals surface area contributed by atoms with Crippen molar-refractivity contribution in [2.45, 2.75) is 0 Å². The number of nitrogens with two attached hydrogens (primary N) is 1. The van der Waals surface area contributed by atoms with Crippen molar-refractivity contribution in [3.63, 3.8) is 0 Å². The molecule has 0 spiro atoms. The Bertz CT molecular complexity index is 1130. The van der Waals surface area contributed by atoms with Crippen LogP contribution < -0.4 is 11.1 Å². The van der Waals surface area contributed by atoms with Gasteiger partial charge in [-0.2, -0.15) is 0 Å². The lowest BCUT2D eigenvalue weighted by molar-refractivity contribution is 0.472. The Hall–Kier alpha value is -3.38. The van der Waals surface area contributed by atoms with Gasteiger partial charge in [-0.3, -0.25) is 0 Å². The number of benzene rings is 3. The molecular weight excluding hydrogens is 367 g/mol. The minimum atomic E-state index is -0.580. The molecule has 0 aliphatic rings. The van der Waals surface area contributed by atoms with Gasteiger partial charge in [-0.1, -0.05) is 35.9 Å². The van der Waals surface area contributed by atoms with Crippen molar-refractivity contribution in [1.29, 1.82) is 0 Å². The topological polar surface area (TPSA) is 84.1 Å². The number of hydrogen-bond acceptors (Lipinski definition) is 5. The van der Waals surface area contributed by atoms with Crippen LogP contribution in [0.4, 0.5) is 21.7 Å². The molecule has 7 heteroatoms. The van der Waals surface area contributed by atoms with Crippen LogP contribution in [0.25, 0.3) is 21.9 Å². The third-order valence-electron chi connectivity index (χ3n) is 4.19. The predicted molar refractivity (Wildman–Crippen MR) is 106 cm³/mol. The van der Waals surface area contributed by atoms with Gasteiger partial charge in [0.25, 0.3) is 0 Å².